The molecule has 3 nitrogen and oxygen atoms in total. The molecule has 0 radical (unpaired) electrons. The lowest BCUT2D eigenvalue weighted by atomic mass is 9.95. The van der Waals surface area contributed by atoms with Crippen LogP contribution in [0, 0.1) is 5.82 Å². The van der Waals surface area contributed by atoms with Gasteiger partial charge < -0.3 is 4.90 Å². The van der Waals surface area contributed by atoms with Crippen LogP contribution in [0.4, 0.5) is 4.39 Å². The highest BCUT2D eigenvalue weighted by molar-refractivity contribution is 7.09. The molecule has 1 unspecified atom stereocenters. The van der Waals surface area contributed by atoms with Gasteiger partial charge in [0.15, 0.2) is 0 Å². The van der Waals surface area contributed by atoms with Crippen LogP contribution in [0.2, 0.25) is 0 Å². The van der Waals surface area contributed by atoms with E-state index in [0.29, 0.717) is 5.69 Å². The third-order valence-corrected chi connectivity index (χ3v) is 5.16. The van der Waals surface area contributed by atoms with Crippen LogP contribution in [-0.2, 0) is 6.42 Å². The minimum absolute atomic E-state index is 0.00220. The number of halogens is 1. The molecule has 0 N–H and O–H groups in total. The molecular formula is C18H21FN2OS. The van der Waals surface area contributed by atoms with Crippen LogP contribution < -0.4 is 0 Å². The number of carbonyl (C=O) groups is 1. The number of aryl methyl sites for hydroxylation is 1. The van der Waals surface area contributed by atoms with E-state index in [1.807, 2.05) is 10.3 Å². The van der Waals surface area contributed by atoms with Crippen LogP contribution in [-0.4, -0.2) is 22.3 Å². The number of benzene rings is 1. The van der Waals surface area contributed by atoms with E-state index in [-0.39, 0.29) is 17.8 Å². The Kier molecular flexibility index (Phi) is 5.06. The van der Waals surface area contributed by atoms with Crippen molar-refractivity contribution >= 4 is 17.2 Å². The molecule has 1 saturated heterocycles. The molecule has 0 bridgehead atoms. The van der Waals surface area contributed by atoms with E-state index in [9.17, 15) is 9.18 Å². The van der Waals surface area contributed by atoms with E-state index >= 15 is 0 Å². The first-order chi connectivity index (χ1) is 11.2. The summed E-state index contributed by atoms with van der Waals surface area (Å²) >= 11 is 1.56. The number of piperidine rings is 1. The van der Waals surface area contributed by atoms with Crippen molar-refractivity contribution in [2.45, 2.75) is 45.1 Å². The molecule has 3 rings (SSSR count). The molecule has 0 spiro atoms. The maximum atomic E-state index is 13.2. The Morgan fingerprint density at radius 3 is 2.87 bits per heavy atom. The van der Waals surface area contributed by atoms with Crippen molar-refractivity contribution in [2.24, 2.45) is 0 Å². The topological polar surface area (TPSA) is 33.2 Å². The van der Waals surface area contributed by atoms with Gasteiger partial charge in [-0.15, -0.1) is 11.3 Å². The van der Waals surface area contributed by atoms with Gasteiger partial charge in [0.25, 0.3) is 5.91 Å². The number of aromatic nitrogens is 1. The third-order valence-electron chi connectivity index (χ3n) is 4.25. The van der Waals surface area contributed by atoms with Crippen molar-refractivity contribution in [3.63, 3.8) is 0 Å². The summed E-state index contributed by atoms with van der Waals surface area (Å²) in [5.74, 6) is -0.247. The Hall–Kier alpha value is -1.75. The predicted molar refractivity (Wildman–Crippen MR) is 90.1 cm³/mol. The Balaban J connectivity index is 1.82. The molecule has 0 saturated carbocycles. The van der Waals surface area contributed by atoms with Crippen LogP contribution in [0.3, 0.4) is 0 Å². The van der Waals surface area contributed by atoms with Crippen molar-refractivity contribution in [3.05, 3.63) is 51.7 Å². The molecule has 1 aromatic heterocycles. The molecule has 1 aliphatic rings. The van der Waals surface area contributed by atoms with Gasteiger partial charge in [-0.3, -0.25) is 4.79 Å². The zero-order valence-corrected chi connectivity index (χ0v) is 14.1. The second kappa shape index (κ2) is 7.21. The summed E-state index contributed by atoms with van der Waals surface area (Å²) in [6.45, 7) is 2.85. The fraction of sp³-hybridized carbons (Fsp3) is 0.444. The van der Waals surface area contributed by atoms with Gasteiger partial charge in [-0.25, -0.2) is 9.37 Å². The summed E-state index contributed by atoms with van der Waals surface area (Å²) in [4.78, 5) is 19.3. The summed E-state index contributed by atoms with van der Waals surface area (Å²) in [5.41, 5.74) is 1.55. The van der Waals surface area contributed by atoms with Crippen LogP contribution in [0.25, 0.3) is 0 Å². The molecule has 1 aliphatic heterocycles. The molecule has 23 heavy (non-hydrogen) atoms. The standard InChI is InChI=1S/C18H21FN2OS/c1-2-5-17-20-15(12-23-17)18(22)21-11-4-3-6-16(21)13-7-9-14(19)10-8-13/h7-10,12,16H,2-6,11H2,1H3. The largest absolute Gasteiger partial charge is 0.330 e. The summed E-state index contributed by atoms with van der Waals surface area (Å²) in [7, 11) is 0. The number of amides is 1. The molecule has 0 aliphatic carbocycles. The van der Waals surface area contributed by atoms with Crippen LogP contribution in [0.5, 0.6) is 0 Å². The second-order valence-corrected chi connectivity index (χ2v) is 6.88. The van der Waals surface area contributed by atoms with E-state index < -0.39 is 0 Å². The normalized spacial score (nSPS) is 18.2. The molecule has 1 aromatic carbocycles. The fourth-order valence-corrected chi connectivity index (χ4v) is 3.97. The average molecular weight is 332 g/mol. The first kappa shape index (κ1) is 16.1. The van der Waals surface area contributed by atoms with Gasteiger partial charge in [0, 0.05) is 11.9 Å². The number of rotatable bonds is 4. The number of hydrogen-bond acceptors (Lipinski definition) is 3. The smallest absolute Gasteiger partial charge is 0.273 e. The predicted octanol–water partition coefficient (Wildman–Crippen LogP) is 4.60. The van der Waals surface area contributed by atoms with E-state index in [1.54, 1.807) is 23.5 Å². The zero-order valence-electron chi connectivity index (χ0n) is 13.3. The highest BCUT2D eigenvalue weighted by Crippen LogP contribution is 2.32. The molecule has 122 valence electrons. The minimum Gasteiger partial charge on any atom is -0.330 e. The van der Waals surface area contributed by atoms with Crippen LogP contribution >= 0.6 is 11.3 Å². The lowest BCUT2D eigenvalue weighted by Gasteiger charge is -2.35. The molecule has 2 aromatic rings. The van der Waals surface area contributed by atoms with Gasteiger partial charge in [-0.1, -0.05) is 19.1 Å². The monoisotopic (exact) mass is 332 g/mol. The summed E-state index contributed by atoms with van der Waals surface area (Å²) in [6.07, 6.45) is 4.96. The van der Waals surface area contributed by atoms with Gasteiger partial charge in [0.2, 0.25) is 0 Å². The van der Waals surface area contributed by atoms with Crippen LogP contribution in [0.1, 0.15) is 59.7 Å². The number of hydrogen-bond donors (Lipinski definition) is 0. The SMILES string of the molecule is CCCc1nc(C(=O)N2CCCCC2c2ccc(F)cc2)cs1. The number of thiazole rings is 1. The quantitative estimate of drug-likeness (QED) is 0.819. The number of nitrogens with zero attached hydrogens (tertiary/aromatic N) is 2. The van der Waals surface area contributed by atoms with Gasteiger partial charge in [0.1, 0.15) is 11.5 Å². The van der Waals surface area contributed by atoms with Crippen molar-refractivity contribution in [1.29, 1.82) is 0 Å². The Morgan fingerprint density at radius 1 is 1.35 bits per heavy atom. The number of likely N-dealkylation sites (tertiary alicyclic amines) is 1. The van der Waals surface area contributed by atoms with E-state index in [1.165, 1.54) is 12.1 Å². The first-order valence-electron chi connectivity index (χ1n) is 8.20. The summed E-state index contributed by atoms with van der Waals surface area (Å²) in [6, 6.07) is 6.53. The Bertz CT molecular complexity index is 668. The van der Waals surface area contributed by atoms with E-state index in [4.69, 9.17) is 0 Å². The van der Waals surface area contributed by atoms with Crippen molar-refractivity contribution in [3.8, 4) is 0 Å². The van der Waals surface area contributed by atoms with Crippen molar-refractivity contribution in [1.82, 2.24) is 9.88 Å². The maximum Gasteiger partial charge on any atom is 0.273 e. The molecule has 1 amide bonds. The summed E-state index contributed by atoms with van der Waals surface area (Å²) < 4.78 is 13.2. The fourth-order valence-electron chi connectivity index (χ4n) is 3.09. The summed E-state index contributed by atoms with van der Waals surface area (Å²) in [5, 5.41) is 2.88. The van der Waals surface area contributed by atoms with Crippen molar-refractivity contribution in [2.75, 3.05) is 6.54 Å². The second-order valence-electron chi connectivity index (χ2n) is 5.94. The van der Waals surface area contributed by atoms with Crippen LogP contribution in [0.15, 0.2) is 29.6 Å². The van der Waals surface area contributed by atoms with Gasteiger partial charge in [-0.05, 0) is 49.8 Å². The zero-order chi connectivity index (χ0) is 16.2. The van der Waals surface area contributed by atoms with E-state index in [2.05, 4.69) is 11.9 Å². The average Bonchev–Trinajstić information content (AvgIpc) is 3.04. The molecule has 1 fully saturated rings. The maximum absolute atomic E-state index is 13.2. The molecule has 5 heteroatoms. The highest BCUT2D eigenvalue weighted by atomic mass is 32.1. The number of carbonyl (C=O) groups excluding carboxylic acids is 1. The third kappa shape index (κ3) is 3.61. The lowest BCUT2D eigenvalue weighted by molar-refractivity contribution is 0.0606. The highest BCUT2D eigenvalue weighted by Gasteiger charge is 2.29. The van der Waals surface area contributed by atoms with Gasteiger partial charge in [-0.2, -0.15) is 0 Å². The van der Waals surface area contributed by atoms with E-state index in [0.717, 1.165) is 49.2 Å². The molecule has 1 atom stereocenters. The first-order valence-corrected chi connectivity index (χ1v) is 9.08. The molecular weight excluding hydrogens is 311 g/mol. The Morgan fingerprint density at radius 2 is 2.13 bits per heavy atom. The van der Waals surface area contributed by atoms with Gasteiger partial charge in [0.05, 0.1) is 11.0 Å². The lowest BCUT2D eigenvalue weighted by Crippen LogP contribution is -2.38. The molecule has 2 heterocycles. The van der Waals surface area contributed by atoms with Crippen molar-refractivity contribution < 1.29 is 9.18 Å². The Labute approximate surface area is 140 Å². The minimum atomic E-state index is -0.244. The van der Waals surface area contributed by atoms with Gasteiger partial charge >= 0.3 is 0 Å².